The minimum atomic E-state index is -0.0457. The number of rotatable bonds is 12. The van der Waals surface area contributed by atoms with Crippen molar-refractivity contribution < 1.29 is 28.5 Å². The SMILES string of the molecule is CCOc1ccc(CCC(=O)NCc2cc(OC)c(OC)c(OC)c2)cc1OCC. The number of hydrogen-bond donors (Lipinski definition) is 1. The lowest BCUT2D eigenvalue weighted by molar-refractivity contribution is -0.121. The van der Waals surface area contributed by atoms with Crippen LogP contribution in [0.2, 0.25) is 0 Å². The molecule has 2 aromatic rings. The van der Waals surface area contributed by atoms with Crippen LogP contribution in [0.5, 0.6) is 28.7 Å². The molecule has 0 aliphatic carbocycles. The smallest absolute Gasteiger partial charge is 0.220 e. The van der Waals surface area contributed by atoms with Gasteiger partial charge in [-0.2, -0.15) is 0 Å². The largest absolute Gasteiger partial charge is 0.493 e. The molecule has 1 amide bonds. The van der Waals surface area contributed by atoms with E-state index in [1.54, 1.807) is 21.3 Å². The van der Waals surface area contributed by atoms with Crippen LogP contribution in [0.3, 0.4) is 0 Å². The summed E-state index contributed by atoms with van der Waals surface area (Å²) >= 11 is 0. The Balaban J connectivity index is 1.96. The second kappa shape index (κ2) is 11.8. The van der Waals surface area contributed by atoms with Crippen molar-refractivity contribution in [2.75, 3.05) is 34.5 Å². The Labute approximate surface area is 178 Å². The summed E-state index contributed by atoms with van der Waals surface area (Å²) in [6.45, 7) is 5.35. The number of methoxy groups -OCH3 is 3. The lowest BCUT2D eigenvalue weighted by Gasteiger charge is -2.14. The number of benzene rings is 2. The Hall–Kier alpha value is -3.09. The number of nitrogens with one attached hydrogen (secondary N) is 1. The summed E-state index contributed by atoms with van der Waals surface area (Å²) in [5, 5.41) is 2.93. The standard InChI is InChI=1S/C23H31NO6/c1-6-29-18-10-8-16(12-19(18)30-7-2)9-11-22(25)24-15-17-13-20(26-3)23(28-5)21(14-17)27-4/h8,10,12-14H,6-7,9,11,15H2,1-5H3,(H,24,25). The summed E-state index contributed by atoms with van der Waals surface area (Å²) in [5.74, 6) is 3.01. The number of ether oxygens (including phenoxy) is 5. The summed E-state index contributed by atoms with van der Waals surface area (Å²) in [6, 6.07) is 9.42. The summed E-state index contributed by atoms with van der Waals surface area (Å²) < 4.78 is 27.2. The first-order valence-corrected chi connectivity index (χ1v) is 10.00. The molecule has 164 valence electrons. The third kappa shape index (κ3) is 6.20. The van der Waals surface area contributed by atoms with Gasteiger partial charge in [-0.3, -0.25) is 4.79 Å². The maximum atomic E-state index is 12.3. The number of carbonyl (C=O) groups is 1. The van der Waals surface area contributed by atoms with Crippen molar-refractivity contribution in [2.24, 2.45) is 0 Å². The molecule has 7 heteroatoms. The van der Waals surface area contributed by atoms with Gasteiger partial charge in [-0.25, -0.2) is 0 Å². The van der Waals surface area contributed by atoms with Crippen molar-refractivity contribution in [3.63, 3.8) is 0 Å². The van der Waals surface area contributed by atoms with Crippen molar-refractivity contribution in [1.29, 1.82) is 0 Å². The lowest BCUT2D eigenvalue weighted by atomic mass is 10.1. The van der Waals surface area contributed by atoms with E-state index >= 15 is 0 Å². The topological polar surface area (TPSA) is 75.3 Å². The Morgan fingerprint density at radius 1 is 0.800 bits per heavy atom. The first kappa shape index (κ1) is 23.2. The van der Waals surface area contributed by atoms with Crippen LogP contribution in [0.15, 0.2) is 30.3 Å². The zero-order valence-electron chi connectivity index (χ0n) is 18.4. The molecule has 0 saturated carbocycles. The summed E-state index contributed by atoms with van der Waals surface area (Å²) in [5.41, 5.74) is 1.88. The van der Waals surface area contributed by atoms with Crippen LogP contribution in [0.4, 0.5) is 0 Å². The van der Waals surface area contributed by atoms with Crippen LogP contribution in [0.1, 0.15) is 31.4 Å². The van der Waals surface area contributed by atoms with Crippen LogP contribution >= 0.6 is 0 Å². The molecule has 0 radical (unpaired) electrons. The van der Waals surface area contributed by atoms with E-state index in [9.17, 15) is 4.79 Å². The molecule has 0 heterocycles. The molecule has 2 aromatic carbocycles. The highest BCUT2D eigenvalue weighted by Gasteiger charge is 2.14. The van der Waals surface area contributed by atoms with Gasteiger partial charge in [-0.15, -0.1) is 0 Å². The number of hydrogen-bond acceptors (Lipinski definition) is 6. The first-order chi connectivity index (χ1) is 14.6. The molecule has 1 N–H and O–H groups in total. The number of carbonyl (C=O) groups excluding carboxylic acids is 1. The van der Waals surface area contributed by atoms with Gasteiger partial charge in [0.25, 0.3) is 0 Å². The van der Waals surface area contributed by atoms with E-state index < -0.39 is 0 Å². The first-order valence-electron chi connectivity index (χ1n) is 10.00. The third-order valence-electron chi connectivity index (χ3n) is 4.46. The minimum Gasteiger partial charge on any atom is -0.493 e. The highest BCUT2D eigenvalue weighted by atomic mass is 16.5. The second-order valence-electron chi connectivity index (χ2n) is 6.46. The summed E-state index contributed by atoms with van der Waals surface area (Å²) in [7, 11) is 4.68. The van der Waals surface area contributed by atoms with E-state index in [0.29, 0.717) is 55.6 Å². The second-order valence-corrected chi connectivity index (χ2v) is 6.46. The summed E-state index contributed by atoms with van der Waals surface area (Å²) in [6.07, 6.45) is 0.970. The van der Waals surface area contributed by atoms with Crippen molar-refractivity contribution in [3.8, 4) is 28.7 Å². The van der Waals surface area contributed by atoms with E-state index in [4.69, 9.17) is 23.7 Å². The van der Waals surface area contributed by atoms with Gasteiger partial charge in [-0.05, 0) is 55.7 Å². The zero-order valence-corrected chi connectivity index (χ0v) is 18.4. The fraction of sp³-hybridized carbons (Fsp3) is 0.435. The van der Waals surface area contributed by atoms with Gasteiger partial charge in [0.1, 0.15) is 0 Å². The van der Waals surface area contributed by atoms with Crippen molar-refractivity contribution in [1.82, 2.24) is 5.32 Å². The summed E-state index contributed by atoms with van der Waals surface area (Å²) in [4.78, 5) is 12.3. The van der Waals surface area contributed by atoms with Gasteiger partial charge in [-0.1, -0.05) is 6.07 Å². The van der Waals surface area contributed by atoms with Crippen LogP contribution in [0.25, 0.3) is 0 Å². The normalized spacial score (nSPS) is 10.3. The molecule has 0 atom stereocenters. The zero-order chi connectivity index (χ0) is 21.9. The van der Waals surface area contributed by atoms with Gasteiger partial charge in [0.15, 0.2) is 23.0 Å². The monoisotopic (exact) mass is 417 g/mol. The molecular formula is C23H31NO6. The highest BCUT2D eigenvalue weighted by molar-refractivity contribution is 5.76. The average Bonchev–Trinajstić information content (AvgIpc) is 2.77. The fourth-order valence-electron chi connectivity index (χ4n) is 3.04. The predicted molar refractivity (Wildman–Crippen MR) is 115 cm³/mol. The van der Waals surface area contributed by atoms with Crippen LogP contribution in [-0.4, -0.2) is 40.5 Å². The average molecular weight is 418 g/mol. The van der Waals surface area contributed by atoms with E-state index in [-0.39, 0.29) is 5.91 Å². The predicted octanol–water partition coefficient (Wildman–Crippen LogP) is 3.76. The van der Waals surface area contributed by atoms with Crippen LogP contribution in [-0.2, 0) is 17.8 Å². The molecule has 0 aliphatic rings. The minimum absolute atomic E-state index is 0.0457. The van der Waals surface area contributed by atoms with E-state index in [1.807, 2.05) is 44.2 Å². The third-order valence-corrected chi connectivity index (χ3v) is 4.46. The molecule has 0 bridgehead atoms. The Morgan fingerprint density at radius 3 is 1.97 bits per heavy atom. The maximum absolute atomic E-state index is 12.3. The molecule has 0 saturated heterocycles. The molecule has 0 unspecified atom stereocenters. The van der Waals surface area contributed by atoms with Crippen LogP contribution in [0, 0.1) is 0 Å². The van der Waals surface area contributed by atoms with E-state index in [1.165, 1.54) is 0 Å². The van der Waals surface area contributed by atoms with Crippen molar-refractivity contribution in [2.45, 2.75) is 33.2 Å². The van der Waals surface area contributed by atoms with Crippen LogP contribution < -0.4 is 29.0 Å². The molecule has 0 fully saturated rings. The molecule has 0 aromatic heterocycles. The molecule has 30 heavy (non-hydrogen) atoms. The van der Waals surface area contributed by atoms with Gasteiger partial charge in [0.2, 0.25) is 11.7 Å². The van der Waals surface area contributed by atoms with Crippen molar-refractivity contribution >= 4 is 5.91 Å². The lowest BCUT2D eigenvalue weighted by Crippen LogP contribution is -2.23. The number of aryl methyl sites for hydroxylation is 1. The van der Waals surface area contributed by atoms with E-state index in [0.717, 1.165) is 16.9 Å². The highest BCUT2D eigenvalue weighted by Crippen LogP contribution is 2.38. The van der Waals surface area contributed by atoms with E-state index in [2.05, 4.69) is 5.32 Å². The quantitative estimate of drug-likeness (QED) is 0.567. The molecule has 0 spiro atoms. The van der Waals surface area contributed by atoms with Crippen molar-refractivity contribution in [3.05, 3.63) is 41.5 Å². The molecule has 7 nitrogen and oxygen atoms in total. The Kier molecular flexibility index (Phi) is 9.12. The molecular weight excluding hydrogens is 386 g/mol. The maximum Gasteiger partial charge on any atom is 0.220 e. The fourth-order valence-corrected chi connectivity index (χ4v) is 3.04. The molecule has 0 aliphatic heterocycles. The Morgan fingerprint density at radius 2 is 1.40 bits per heavy atom. The van der Waals surface area contributed by atoms with Gasteiger partial charge >= 0.3 is 0 Å². The van der Waals surface area contributed by atoms with Gasteiger partial charge in [0, 0.05) is 13.0 Å². The Bertz CT molecular complexity index is 811. The van der Waals surface area contributed by atoms with Gasteiger partial charge in [0.05, 0.1) is 34.5 Å². The molecule has 2 rings (SSSR count). The number of amides is 1. The van der Waals surface area contributed by atoms with Gasteiger partial charge < -0.3 is 29.0 Å².